The lowest BCUT2D eigenvalue weighted by atomic mass is 9.89. The van der Waals surface area contributed by atoms with Gasteiger partial charge in [0, 0.05) is 28.9 Å². The number of anilines is 1. The normalized spacial score (nSPS) is 18.3. The molecule has 2 aromatic heterocycles. The summed E-state index contributed by atoms with van der Waals surface area (Å²) in [5, 5.41) is 7.48. The molecule has 4 rings (SSSR count). The first-order valence-corrected chi connectivity index (χ1v) is 11.7. The van der Waals surface area contributed by atoms with E-state index in [4.69, 9.17) is 0 Å². The molecular weight excluding hydrogens is 424 g/mol. The molecule has 2 aromatic rings. The molecule has 0 bridgehead atoms. The first kappa shape index (κ1) is 22.2. The fourth-order valence-corrected chi connectivity index (χ4v) is 5.35. The van der Waals surface area contributed by atoms with E-state index in [1.807, 2.05) is 18.4 Å². The molecule has 2 N–H and O–H groups in total. The summed E-state index contributed by atoms with van der Waals surface area (Å²) in [5.41, 5.74) is 4.54. The molecule has 168 valence electrons. The number of amides is 3. The fraction of sp³-hybridized carbons (Fsp3) is 0.417. The van der Waals surface area contributed by atoms with Gasteiger partial charge in [-0.1, -0.05) is 32.1 Å². The zero-order valence-electron chi connectivity index (χ0n) is 18.7. The maximum atomic E-state index is 12.9. The predicted molar refractivity (Wildman–Crippen MR) is 125 cm³/mol. The minimum absolute atomic E-state index is 0.0637. The zero-order valence-corrected chi connectivity index (χ0v) is 19.5. The number of nitrogens with zero attached hydrogens (tertiary/aromatic N) is 2. The van der Waals surface area contributed by atoms with Crippen LogP contribution in [0.5, 0.6) is 0 Å². The summed E-state index contributed by atoms with van der Waals surface area (Å²) >= 11 is 1.46. The molecule has 1 aliphatic heterocycles. The number of hydrogen-bond acceptors (Lipinski definition) is 5. The average molecular weight is 453 g/mol. The number of urea groups is 1. The van der Waals surface area contributed by atoms with Crippen LogP contribution in [-0.4, -0.2) is 33.6 Å². The van der Waals surface area contributed by atoms with E-state index in [2.05, 4.69) is 36.0 Å². The number of rotatable bonds is 5. The van der Waals surface area contributed by atoms with Gasteiger partial charge in [0.05, 0.1) is 18.2 Å². The van der Waals surface area contributed by atoms with Crippen LogP contribution in [0.1, 0.15) is 71.1 Å². The molecule has 1 unspecified atom stereocenters. The lowest BCUT2D eigenvalue weighted by molar-refractivity contribution is -0.124. The first-order valence-electron chi connectivity index (χ1n) is 10.9. The van der Waals surface area contributed by atoms with Gasteiger partial charge < -0.3 is 10.2 Å². The number of ketones is 1. The monoisotopic (exact) mass is 452 g/mol. The smallest absolute Gasteiger partial charge is 0.320 e. The van der Waals surface area contributed by atoms with E-state index < -0.39 is 0 Å². The Morgan fingerprint density at radius 1 is 1.34 bits per heavy atom. The largest absolute Gasteiger partial charge is 0.333 e. The second-order valence-electron chi connectivity index (χ2n) is 8.79. The molecule has 7 nitrogen and oxygen atoms in total. The van der Waals surface area contributed by atoms with Crippen molar-refractivity contribution in [3.8, 4) is 0 Å². The Kier molecular flexibility index (Phi) is 6.15. The van der Waals surface area contributed by atoms with Crippen LogP contribution in [0.2, 0.25) is 0 Å². The molecule has 1 fully saturated rings. The minimum atomic E-state index is -0.378. The van der Waals surface area contributed by atoms with Gasteiger partial charge in [-0.25, -0.2) is 9.78 Å². The van der Waals surface area contributed by atoms with E-state index in [-0.39, 0.29) is 29.7 Å². The van der Waals surface area contributed by atoms with Crippen molar-refractivity contribution in [2.24, 2.45) is 0 Å². The quantitative estimate of drug-likeness (QED) is 0.652. The molecule has 0 radical (unpaired) electrons. The van der Waals surface area contributed by atoms with E-state index in [1.54, 1.807) is 11.0 Å². The Labute approximate surface area is 191 Å². The van der Waals surface area contributed by atoms with E-state index >= 15 is 0 Å². The van der Waals surface area contributed by atoms with Crippen LogP contribution in [0.15, 0.2) is 29.7 Å². The molecule has 8 heteroatoms. The second kappa shape index (κ2) is 8.86. The molecular formula is C24H28N4O3S. The first-order chi connectivity index (χ1) is 15.2. The van der Waals surface area contributed by atoms with Crippen molar-refractivity contribution < 1.29 is 14.4 Å². The van der Waals surface area contributed by atoms with Crippen molar-refractivity contribution in [3.05, 3.63) is 56.9 Å². The lowest BCUT2D eigenvalue weighted by Gasteiger charge is -2.30. The minimum Gasteiger partial charge on any atom is -0.333 e. The number of allylic oxidation sites excluding steroid dienone is 1. The van der Waals surface area contributed by atoms with Gasteiger partial charge >= 0.3 is 6.03 Å². The SMILES string of the molecule is C=C1CCC(N2Cc3c(csc3CNC(=O)Nc3ccc(C)c(C(C)C)n3)C2=O)C(=O)C1. The summed E-state index contributed by atoms with van der Waals surface area (Å²) < 4.78 is 0. The van der Waals surface area contributed by atoms with Crippen molar-refractivity contribution in [2.45, 2.75) is 65.1 Å². The maximum Gasteiger partial charge on any atom is 0.320 e. The zero-order chi connectivity index (χ0) is 23.0. The van der Waals surface area contributed by atoms with Crippen LogP contribution in [-0.2, 0) is 17.9 Å². The third kappa shape index (κ3) is 4.32. The molecule has 1 atom stereocenters. The summed E-state index contributed by atoms with van der Waals surface area (Å²) in [6.07, 6.45) is 1.75. The Hall–Kier alpha value is -3.00. The Balaban J connectivity index is 1.39. The maximum absolute atomic E-state index is 12.9. The van der Waals surface area contributed by atoms with Crippen molar-refractivity contribution in [1.29, 1.82) is 0 Å². The van der Waals surface area contributed by atoms with Crippen molar-refractivity contribution >= 4 is 34.9 Å². The molecule has 1 aliphatic carbocycles. The van der Waals surface area contributed by atoms with Gasteiger partial charge in [-0.05, 0) is 42.9 Å². The van der Waals surface area contributed by atoms with Gasteiger partial charge in [0.15, 0.2) is 5.78 Å². The van der Waals surface area contributed by atoms with Gasteiger partial charge in [0.25, 0.3) is 5.91 Å². The van der Waals surface area contributed by atoms with Gasteiger partial charge in [-0.2, -0.15) is 0 Å². The number of carbonyl (C=O) groups excluding carboxylic acids is 3. The number of hydrogen-bond donors (Lipinski definition) is 2. The summed E-state index contributed by atoms with van der Waals surface area (Å²) in [7, 11) is 0. The third-order valence-corrected chi connectivity index (χ3v) is 7.11. The topological polar surface area (TPSA) is 91.4 Å². The Morgan fingerprint density at radius 2 is 2.12 bits per heavy atom. The molecule has 2 aliphatic rings. The van der Waals surface area contributed by atoms with Crippen molar-refractivity contribution in [1.82, 2.24) is 15.2 Å². The van der Waals surface area contributed by atoms with Gasteiger partial charge in [-0.15, -0.1) is 11.3 Å². The van der Waals surface area contributed by atoms with Crippen molar-refractivity contribution in [2.75, 3.05) is 5.32 Å². The highest BCUT2D eigenvalue weighted by Gasteiger charge is 2.39. The Bertz CT molecular complexity index is 1100. The van der Waals surface area contributed by atoms with E-state index in [9.17, 15) is 14.4 Å². The highest BCUT2D eigenvalue weighted by Crippen LogP contribution is 2.35. The highest BCUT2D eigenvalue weighted by molar-refractivity contribution is 7.10. The summed E-state index contributed by atoms with van der Waals surface area (Å²) in [6.45, 7) is 10.8. The fourth-order valence-electron chi connectivity index (χ4n) is 4.38. The van der Waals surface area contributed by atoms with Crippen LogP contribution in [0.25, 0.3) is 0 Å². The number of pyridine rings is 1. The predicted octanol–water partition coefficient (Wildman–Crippen LogP) is 4.53. The molecule has 0 saturated heterocycles. The van der Waals surface area contributed by atoms with E-state index in [1.165, 1.54) is 11.3 Å². The van der Waals surface area contributed by atoms with Crippen LogP contribution in [0, 0.1) is 6.92 Å². The average Bonchev–Trinajstić information content (AvgIpc) is 3.28. The molecule has 3 heterocycles. The molecule has 1 saturated carbocycles. The molecule has 3 amide bonds. The van der Waals surface area contributed by atoms with E-state index in [0.717, 1.165) is 33.7 Å². The summed E-state index contributed by atoms with van der Waals surface area (Å²) in [6, 6.07) is 3.01. The second-order valence-corrected chi connectivity index (χ2v) is 9.76. The number of thiophene rings is 1. The van der Waals surface area contributed by atoms with Crippen LogP contribution < -0.4 is 10.6 Å². The van der Waals surface area contributed by atoms with Crippen molar-refractivity contribution in [3.63, 3.8) is 0 Å². The summed E-state index contributed by atoms with van der Waals surface area (Å²) in [4.78, 5) is 44.9. The van der Waals surface area contributed by atoms with Gasteiger partial charge in [0.2, 0.25) is 0 Å². The van der Waals surface area contributed by atoms with Gasteiger partial charge in [-0.3, -0.25) is 14.9 Å². The van der Waals surface area contributed by atoms with E-state index in [0.29, 0.717) is 37.3 Å². The number of aryl methyl sites for hydroxylation is 1. The van der Waals surface area contributed by atoms with Crippen LogP contribution in [0.3, 0.4) is 0 Å². The number of carbonyl (C=O) groups is 3. The highest BCUT2D eigenvalue weighted by atomic mass is 32.1. The molecule has 0 spiro atoms. The number of fused-ring (bicyclic) bond motifs is 1. The third-order valence-electron chi connectivity index (χ3n) is 6.08. The number of Topliss-reactive ketones (excluding diaryl/α,β-unsaturated/α-hetero) is 1. The van der Waals surface area contributed by atoms with Crippen LogP contribution >= 0.6 is 11.3 Å². The van der Waals surface area contributed by atoms with Crippen LogP contribution in [0.4, 0.5) is 10.6 Å². The standard InChI is InChI=1S/C24H28N4O3S/c1-13(2)22-15(4)6-8-21(26-22)27-24(31)25-10-20-16-11-28(23(30)17(16)12-32-20)18-7-5-14(3)9-19(18)29/h6,8,12-13,18H,3,5,7,9-11H2,1-2,4H3,(H2,25,26,27,31). The lowest BCUT2D eigenvalue weighted by Crippen LogP contribution is -2.43. The number of aromatic nitrogens is 1. The molecule has 0 aromatic carbocycles. The molecule has 32 heavy (non-hydrogen) atoms. The Morgan fingerprint density at radius 3 is 2.84 bits per heavy atom. The summed E-state index contributed by atoms with van der Waals surface area (Å²) in [5.74, 6) is 0.742. The number of nitrogens with one attached hydrogen (secondary N) is 2. The van der Waals surface area contributed by atoms with Gasteiger partial charge in [0.1, 0.15) is 5.82 Å².